The molecule has 2 amide bonds. The van der Waals surface area contributed by atoms with Crippen LogP contribution in [0.4, 0.5) is 5.69 Å². The first-order valence-electron chi connectivity index (χ1n) is 11.9. The number of fused-ring (bicyclic) bond motifs is 2. The Kier molecular flexibility index (Phi) is 6.67. The van der Waals surface area contributed by atoms with Crippen molar-refractivity contribution in [1.82, 2.24) is 9.80 Å². The van der Waals surface area contributed by atoms with Gasteiger partial charge in [-0.2, -0.15) is 0 Å². The number of ketones is 1. The minimum atomic E-state index is -1.71. The van der Waals surface area contributed by atoms with E-state index in [1.54, 1.807) is 41.3 Å². The summed E-state index contributed by atoms with van der Waals surface area (Å²) in [6.07, 6.45) is 0.562. The van der Waals surface area contributed by atoms with E-state index in [9.17, 15) is 19.5 Å². The van der Waals surface area contributed by atoms with Gasteiger partial charge in [-0.25, -0.2) is 0 Å². The van der Waals surface area contributed by atoms with E-state index in [2.05, 4.69) is 0 Å². The molecule has 1 N–H and O–H groups in total. The third-order valence-corrected chi connectivity index (χ3v) is 6.55. The molecule has 0 saturated carbocycles. The number of nitrogens with zero attached hydrogens (tertiary/aromatic N) is 3. The quantitative estimate of drug-likeness (QED) is 0.357. The summed E-state index contributed by atoms with van der Waals surface area (Å²) in [5, 5.41) is 11.4. The topological polar surface area (TPSA) is 90.4 Å². The van der Waals surface area contributed by atoms with Crippen molar-refractivity contribution in [3.05, 3.63) is 65.2 Å². The molecular formula is C27H31N3O5. The van der Waals surface area contributed by atoms with Crippen molar-refractivity contribution in [2.75, 3.05) is 45.2 Å². The summed E-state index contributed by atoms with van der Waals surface area (Å²) in [7, 11) is 3.84. The molecule has 0 bridgehead atoms. The second-order valence-electron chi connectivity index (χ2n) is 8.90. The Morgan fingerprint density at radius 2 is 1.71 bits per heavy atom. The molecule has 1 spiro atoms. The molecule has 8 nitrogen and oxygen atoms in total. The predicted molar refractivity (Wildman–Crippen MR) is 133 cm³/mol. The first kappa shape index (κ1) is 24.5. The standard InChI is InChI=1S/C27H31N3O5/c1-5-29-21-11-8-7-10-20(21)27(26(29)34)22(23(31)18-12-14-19(15-13-18)35-6-2)24(32)25(33)30(27)17-9-16-28(3)4/h7-8,10-15,31H,5-6,9,16-17H2,1-4H3/t27-/m0/s1. The fourth-order valence-electron chi connectivity index (χ4n) is 5.05. The van der Waals surface area contributed by atoms with Gasteiger partial charge in [-0.3, -0.25) is 14.4 Å². The van der Waals surface area contributed by atoms with E-state index in [1.165, 1.54) is 4.90 Å². The Balaban J connectivity index is 1.95. The molecule has 2 aliphatic heterocycles. The number of rotatable bonds is 8. The second kappa shape index (κ2) is 9.54. The minimum absolute atomic E-state index is 0.190. The number of aliphatic hydroxyl groups is 1. The number of ether oxygens (including phenoxy) is 1. The van der Waals surface area contributed by atoms with Crippen molar-refractivity contribution in [3.8, 4) is 5.75 Å². The first-order chi connectivity index (χ1) is 16.8. The third kappa shape index (κ3) is 3.78. The number of likely N-dealkylation sites (tertiary alicyclic amines) is 1. The average molecular weight is 478 g/mol. The fraction of sp³-hybridized carbons (Fsp3) is 0.370. The molecule has 0 unspecified atom stereocenters. The summed E-state index contributed by atoms with van der Waals surface area (Å²) >= 11 is 0. The number of likely N-dealkylation sites (N-methyl/N-ethyl adjacent to an activating group) is 1. The maximum atomic E-state index is 14.1. The Hall–Kier alpha value is -3.65. The van der Waals surface area contributed by atoms with Crippen LogP contribution in [-0.4, -0.2) is 72.8 Å². The second-order valence-corrected chi connectivity index (χ2v) is 8.90. The van der Waals surface area contributed by atoms with Crippen LogP contribution >= 0.6 is 0 Å². The molecule has 2 aliphatic rings. The van der Waals surface area contributed by atoms with Crippen LogP contribution in [0.5, 0.6) is 5.75 Å². The molecule has 4 rings (SSSR count). The molecule has 2 aromatic carbocycles. The number of hydrogen-bond acceptors (Lipinski definition) is 6. The molecule has 2 heterocycles. The number of carbonyl (C=O) groups excluding carboxylic acids is 3. The van der Waals surface area contributed by atoms with Crippen molar-refractivity contribution in [1.29, 1.82) is 0 Å². The lowest BCUT2D eigenvalue weighted by molar-refractivity contribution is -0.143. The number of para-hydroxylation sites is 1. The van der Waals surface area contributed by atoms with Crippen LogP contribution in [0.15, 0.2) is 54.1 Å². The highest BCUT2D eigenvalue weighted by Crippen LogP contribution is 2.53. The molecular weight excluding hydrogens is 446 g/mol. The lowest BCUT2D eigenvalue weighted by atomic mass is 9.82. The molecule has 0 radical (unpaired) electrons. The van der Waals surface area contributed by atoms with Crippen molar-refractivity contribution in [2.24, 2.45) is 0 Å². The molecule has 35 heavy (non-hydrogen) atoms. The zero-order valence-corrected chi connectivity index (χ0v) is 20.6. The van der Waals surface area contributed by atoms with Gasteiger partial charge < -0.3 is 24.5 Å². The van der Waals surface area contributed by atoms with Crippen LogP contribution in [0.1, 0.15) is 31.4 Å². The van der Waals surface area contributed by atoms with Crippen LogP contribution in [0.2, 0.25) is 0 Å². The monoisotopic (exact) mass is 477 g/mol. The normalized spacial score (nSPS) is 20.9. The number of Topliss-reactive ketones (excluding diaryl/α,β-unsaturated/α-hetero) is 1. The van der Waals surface area contributed by atoms with E-state index in [0.717, 1.165) is 0 Å². The van der Waals surface area contributed by atoms with Gasteiger partial charge >= 0.3 is 0 Å². The van der Waals surface area contributed by atoms with Gasteiger partial charge in [0.1, 0.15) is 11.5 Å². The zero-order chi connectivity index (χ0) is 25.3. The summed E-state index contributed by atoms with van der Waals surface area (Å²) in [5.41, 5.74) is -0.403. The SMILES string of the molecule is CCOc1ccc(C(O)=C2C(=O)C(=O)N(CCCN(C)C)[C@]23C(=O)N(CC)c2ccccc23)cc1. The zero-order valence-electron chi connectivity index (χ0n) is 20.6. The summed E-state index contributed by atoms with van der Waals surface area (Å²) in [5.74, 6) is -1.80. The highest BCUT2D eigenvalue weighted by atomic mass is 16.5. The predicted octanol–water partition coefficient (Wildman–Crippen LogP) is 2.98. The lowest BCUT2D eigenvalue weighted by Gasteiger charge is -2.34. The number of hydrogen-bond donors (Lipinski definition) is 1. The maximum Gasteiger partial charge on any atom is 0.296 e. The molecule has 1 fully saturated rings. The molecule has 184 valence electrons. The molecule has 1 atom stereocenters. The van der Waals surface area contributed by atoms with Crippen molar-refractivity contribution in [3.63, 3.8) is 0 Å². The van der Waals surface area contributed by atoms with Crippen molar-refractivity contribution >= 4 is 29.0 Å². The van der Waals surface area contributed by atoms with Gasteiger partial charge in [0.05, 0.1) is 17.9 Å². The van der Waals surface area contributed by atoms with Gasteiger partial charge in [-0.1, -0.05) is 18.2 Å². The molecule has 8 heteroatoms. The van der Waals surface area contributed by atoms with Gasteiger partial charge in [-0.05, 0) is 71.2 Å². The van der Waals surface area contributed by atoms with Crippen LogP contribution in [0.3, 0.4) is 0 Å². The number of aliphatic hydroxyl groups excluding tert-OH is 1. The average Bonchev–Trinajstić information content (AvgIpc) is 3.22. The van der Waals surface area contributed by atoms with E-state index < -0.39 is 23.1 Å². The van der Waals surface area contributed by atoms with E-state index in [4.69, 9.17) is 4.74 Å². The van der Waals surface area contributed by atoms with Crippen LogP contribution in [0.25, 0.3) is 5.76 Å². The largest absolute Gasteiger partial charge is 0.507 e. The maximum absolute atomic E-state index is 14.1. The summed E-state index contributed by atoms with van der Waals surface area (Å²) in [6, 6.07) is 13.8. The first-order valence-corrected chi connectivity index (χ1v) is 11.9. The number of carbonyl (C=O) groups is 3. The van der Waals surface area contributed by atoms with Gasteiger partial charge in [0.15, 0.2) is 5.54 Å². The highest BCUT2D eigenvalue weighted by Gasteiger charge is 2.66. The molecule has 1 saturated heterocycles. The molecule has 0 aliphatic carbocycles. The number of benzene rings is 2. The minimum Gasteiger partial charge on any atom is -0.507 e. The number of anilines is 1. The van der Waals surface area contributed by atoms with E-state index in [0.29, 0.717) is 48.7 Å². The van der Waals surface area contributed by atoms with Crippen LogP contribution in [-0.2, 0) is 19.9 Å². The van der Waals surface area contributed by atoms with Gasteiger partial charge in [0, 0.05) is 24.2 Å². The summed E-state index contributed by atoms with van der Waals surface area (Å²) < 4.78 is 5.48. The lowest BCUT2D eigenvalue weighted by Crippen LogP contribution is -2.52. The van der Waals surface area contributed by atoms with E-state index in [1.807, 2.05) is 45.0 Å². The Morgan fingerprint density at radius 1 is 1.03 bits per heavy atom. The van der Waals surface area contributed by atoms with Crippen LogP contribution < -0.4 is 9.64 Å². The van der Waals surface area contributed by atoms with Gasteiger partial charge in [0.2, 0.25) is 0 Å². The summed E-state index contributed by atoms with van der Waals surface area (Å²) in [4.78, 5) is 45.9. The van der Waals surface area contributed by atoms with Crippen molar-refractivity contribution in [2.45, 2.75) is 25.8 Å². The Morgan fingerprint density at radius 3 is 2.34 bits per heavy atom. The van der Waals surface area contributed by atoms with E-state index >= 15 is 0 Å². The molecule has 2 aromatic rings. The number of amides is 2. The fourth-order valence-corrected chi connectivity index (χ4v) is 5.05. The van der Waals surface area contributed by atoms with Gasteiger partial charge in [0.25, 0.3) is 17.6 Å². The van der Waals surface area contributed by atoms with Crippen LogP contribution in [0, 0.1) is 0 Å². The Labute approximate surface area is 205 Å². The Bertz CT molecular complexity index is 1190. The summed E-state index contributed by atoms with van der Waals surface area (Å²) in [6.45, 7) is 5.43. The third-order valence-electron chi connectivity index (χ3n) is 6.55. The molecule has 0 aromatic heterocycles. The highest BCUT2D eigenvalue weighted by molar-refractivity contribution is 6.50. The van der Waals surface area contributed by atoms with E-state index in [-0.39, 0.29) is 17.9 Å². The van der Waals surface area contributed by atoms with Crippen molar-refractivity contribution < 1.29 is 24.2 Å². The smallest absolute Gasteiger partial charge is 0.296 e. The van der Waals surface area contributed by atoms with Gasteiger partial charge in [-0.15, -0.1) is 0 Å².